The highest BCUT2D eigenvalue weighted by molar-refractivity contribution is 5.98. The van der Waals surface area contributed by atoms with Crippen LogP contribution in [0.25, 0.3) is 21.9 Å². The molecular formula is C30H32O12. The second kappa shape index (κ2) is 13.6. The Balaban J connectivity index is 2.53. The molecule has 0 fully saturated rings. The summed E-state index contributed by atoms with van der Waals surface area (Å²) in [7, 11) is 1.36. The molecule has 0 amide bonds. The van der Waals surface area contributed by atoms with Crippen LogP contribution in [0.3, 0.4) is 0 Å². The highest BCUT2D eigenvalue weighted by atomic mass is 16.5. The highest BCUT2D eigenvalue weighted by Gasteiger charge is 2.26. The van der Waals surface area contributed by atoms with Gasteiger partial charge >= 0.3 is 17.9 Å². The van der Waals surface area contributed by atoms with E-state index in [1.807, 2.05) is 33.8 Å². The van der Waals surface area contributed by atoms with Crippen LogP contribution in [-0.4, -0.2) is 60.2 Å². The Hall–Kier alpha value is -5.00. The average Bonchev–Trinajstić information content (AvgIpc) is 2.90. The molecule has 224 valence electrons. The molecule has 1 aromatic heterocycles. The van der Waals surface area contributed by atoms with Crippen molar-refractivity contribution in [2.45, 2.75) is 40.5 Å². The number of allylic oxidation sites excluding steroid dienone is 4. The lowest BCUT2D eigenvalue weighted by molar-refractivity contribution is -0.140. The number of ether oxygens (including phenoxy) is 4. The minimum absolute atomic E-state index is 0.0194. The standard InChI is InChI=1S/C30H32O12/c1-15(2)6-8-17-19(39-12-23(31)32)10-21-27(30(17)41-14-25(35)36)28(37)26-18(9-7-16(3)4)29(38-5)22(11-20(26)42-21)40-13-24(33)34/h6-7,10-11H,8-9,12-14H2,1-5H3,(H,31,32)(H,33,34)(H,35,36). The predicted octanol–water partition coefficient (Wildman–Crippen LogP) is 4.36. The van der Waals surface area contributed by atoms with Gasteiger partial charge < -0.3 is 38.7 Å². The van der Waals surface area contributed by atoms with E-state index >= 15 is 0 Å². The van der Waals surface area contributed by atoms with Gasteiger partial charge in [-0.15, -0.1) is 0 Å². The minimum atomic E-state index is -1.30. The number of hydrogen-bond acceptors (Lipinski definition) is 9. The topological polar surface area (TPSA) is 179 Å². The van der Waals surface area contributed by atoms with Gasteiger partial charge in [0.1, 0.15) is 28.1 Å². The quantitative estimate of drug-likeness (QED) is 0.180. The summed E-state index contributed by atoms with van der Waals surface area (Å²) in [6.07, 6.45) is 3.96. The Morgan fingerprint density at radius 3 is 1.71 bits per heavy atom. The monoisotopic (exact) mass is 584 g/mol. The Morgan fingerprint density at radius 1 is 0.714 bits per heavy atom. The summed E-state index contributed by atoms with van der Waals surface area (Å²) >= 11 is 0. The van der Waals surface area contributed by atoms with Crippen molar-refractivity contribution < 1.29 is 53.1 Å². The number of benzene rings is 2. The zero-order valence-electron chi connectivity index (χ0n) is 23.9. The van der Waals surface area contributed by atoms with E-state index in [1.165, 1.54) is 19.2 Å². The summed E-state index contributed by atoms with van der Waals surface area (Å²) in [5.41, 5.74) is 1.83. The smallest absolute Gasteiger partial charge is 0.341 e. The summed E-state index contributed by atoms with van der Waals surface area (Å²) in [6.45, 7) is 5.20. The van der Waals surface area contributed by atoms with Gasteiger partial charge in [0.25, 0.3) is 0 Å². The van der Waals surface area contributed by atoms with Crippen molar-refractivity contribution in [2.24, 2.45) is 0 Å². The molecule has 0 saturated heterocycles. The van der Waals surface area contributed by atoms with Crippen LogP contribution >= 0.6 is 0 Å². The number of carbonyl (C=O) groups is 3. The van der Waals surface area contributed by atoms with Crippen LogP contribution in [0.2, 0.25) is 0 Å². The lowest BCUT2D eigenvalue weighted by Gasteiger charge is -2.19. The summed E-state index contributed by atoms with van der Waals surface area (Å²) in [5.74, 6) is -3.74. The Labute approximate surface area is 240 Å². The number of carboxylic acid groups (broad SMARTS) is 3. The Morgan fingerprint density at radius 2 is 1.19 bits per heavy atom. The van der Waals surface area contributed by atoms with Gasteiger partial charge in [-0.3, -0.25) is 4.79 Å². The van der Waals surface area contributed by atoms with Crippen LogP contribution in [0.15, 0.2) is 44.6 Å². The molecule has 42 heavy (non-hydrogen) atoms. The number of rotatable bonds is 14. The first kappa shape index (κ1) is 31.5. The molecule has 1 heterocycles. The third-order valence-electron chi connectivity index (χ3n) is 5.96. The normalized spacial score (nSPS) is 10.7. The predicted molar refractivity (Wildman–Crippen MR) is 152 cm³/mol. The van der Waals surface area contributed by atoms with E-state index < -0.39 is 43.2 Å². The van der Waals surface area contributed by atoms with E-state index in [1.54, 1.807) is 6.08 Å². The molecule has 0 radical (unpaired) electrons. The number of aliphatic carboxylic acids is 3. The van der Waals surface area contributed by atoms with Crippen molar-refractivity contribution in [2.75, 3.05) is 26.9 Å². The fraction of sp³-hybridized carbons (Fsp3) is 0.333. The van der Waals surface area contributed by atoms with Crippen molar-refractivity contribution >= 4 is 39.8 Å². The Bertz CT molecular complexity index is 1650. The van der Waals surface area contributed by atoms with Crippen LogP contribution in [-0.2, 0) is 27.2 Å². The number of carboxylic acids is 3. The molecule has 3 rings (SSSR count). The maximum Gasteiger partial charge on any atom is 0.341 e. The fourth-order valence-corrected chi connectivity index (χ4v) is 4.22. The van der Waals surface area contributed by atoms with E-state index in [0.717, 1.165) is 11.1 Å². The summed E-state index contributed by atoms with van der Waals surface area (Å²) in [6, 6.07) is 2.68. The van der Waals surface area contributed by atoms with E-state index in [4.69, 9.17) is 28.5 Å². The van der Waals surface area contributed by atoms with Crippen molar-refractivity contribution in [1.29, 1.82) is 0 Å². The third kappa shape index (κ3) is 7.39. The van der Waals surface area contributed by atoms with Crippen molar-refractivity contribution in [1.82, 2.24) is 0 Å². The molecule has 0 aliphatic carbocycles. The maximum atomic E-state index is 14.3. The molecule has 0 unspecified atom stereocenters. The average molecular weight is 585 g/mol. The maximum absolute atomic E-state index is 14.3. The van der Waals surface area contributed by atoms with Crippen LogP contribution in [0.5, 0.6) is 23.0 Å². The molecule has 0 atom stereocenters. The summed E-state index contributed by atoms with van der Waals surface area (Å²) in [4.78, 5) is 48.3. The Kier molecular flexibility index (Phi) is 10.2. The van der Waals surface area contributed by atoms with Crippen molar-refractivity contribution in [3.8, 4) is 23.0 Å². The lowest BCUT2D eigenvalue weighted by atomic mass is 9.98. The van der Waals surface area contributed by atoms with Crippen LogP contribution in [0, 0.1) is 0 Å². The van der Waals surface area contributed by atoms with Crippen LogP contribution in [0.4, 0.5) is 0 Å². The van der Waals surface area contributed by atoms with Gasteiger partial charge in [-0.05, 0) is 40.5 Å². The van der Waals surface area contributed by atoms with Crippen molar-refractivity contribution in [3.63, 3.8) is 0 Å². The largest absolute Gasteiger partial charge is 0.493 e. The molecule has 2 aromatic carbocycles. The second-order valence-electron chi connectivity index (χ2n) is 9.76. The first-order chi connectivity index (χ1) is 19.8. The first-order valence-corrected chi connectivity index (χ1v) is 12.8. The van der Waals surface area contributed by atoms with Gasteiger partial charge in [0.05, 0.1) is 12.5 Å². The van der Waals surface area contributed by atoms with Gasteiger partial charge in [-0.2, -0.15) is 0 Å². The zero-order valence-corrected chi connectivity index (χ0v) is 23.9. The van der Waals surface area contributed by atoms with E-state index in [9.17, 15) is 29.4 Å². The van der Waals surface area contributed by atoms with Crippen LogP contribution in [0.1, 0.15) is 38.8 Å². The van der Waals surface area contributed by atoms with E-state index in [2.05, 4.69) is 0 Å². The molecule has 3 N–H and O–H groups in total. The molecule has 3 aromatic rings. The molecule has 0 aliphatic heterocycles. The SMILES string of the molecule is COc1c(OCC(=O)O)cc2oc3cc(OCC(=O)O)c(CC=C(C)C)c(OCC(=O)O)c3c(=O)c2c1CC=C(C)C. The molecule has 12 heteroatoms. The van der Waals surface area contributed by atoms with Gasteiger partial charge in [-0.25, -0.2) is 14.4 Å². The van der Waals surface area contributed by atoms with Gasteiger partial charge in [0, 0.05) is 23.3 Å². The van der Waals surface area contributed by atoms with E-state index in [0.29, 0.717) is 5.56 Å². The van der Waals surface area contributed by atoms with Gasteiger partial charge in [0.15, 0.2) is 31.3 Å². The summed E-state index contributed by atoms with van der Waals surface area (Å²) in [5, 5.41) is 27.8. The number of hydrogen-bond donors (Lipinski definition) is 3. The highest BCUT2D eigenvalue weighted by Crippen LogP contribution is 2.42. The zero-order chi connectivity index (χ0) is 31.1. The van der Waals surface area contributed by atoms with Crippen molar-refractivity contribution in [3.05, 3.63) is 56.8 Å². The first-order valence-electron chi connectivity index (χ1n) is 12.8. The fourth-order valence-electron chi connectivity index (χ4n) is 4.22. The molecule has 0 spiro atoms. The van der Waals surface area contributed by atoms with E-state index in [-0.39, 0.29) is 63.3 Å². The minimum Gasteiger partial charge on any atom is -0.493 e. The summed E-state index contributed by atoms with van der Waals surface area (Å²) < 4.78 is 28.3. The van der Waals surface area contributed by atoms with Gasteiger partial charge in [0.2, 0.25) is 5.43 Å². The number of methoxy groups -OCH3 is 1. The molecule has 0 bridgehead atoms. The lowest BCUT2D eigenvalue weighted by Crippen LogP contribution is -2.16. The second-order valence-corrected chi connectivity index (χ2v) is 9.76. The molecule has 12 nitrogen and oxygen atoms in total. The molecule has 0 saturated carbocycles. The number of fused-ring (bicyclic) bond motifs is 2. The molecular weight excluding hydrogens is 552 g/mol. The molecule has 0 aliphatic rings. The van der Waals surface area contributed by atoms with Gasteiger partial charge in [-0.1, -0.05) is 23.3 Å². The van der Waals surface area contributed by atoms with Crippen LogP contribution < -0.4 is 24.4 Å². The third-order valence-corrected chi connectivity index (χ3v) is 5.96.